The standard InChI is InChI=1S/C28H30ClN3O3S/c1-20-8-10-23(17-24(20)29)30-27(33)19-35-25-11-9-22(16-26(25)34-2)28(36)32-14-12-31(13-15-32)18-21-6-4-3-5-7-21/h3-11,16-17H,12-15,18-19H2,1-2H3,(H,30,33). The average Bonchev–Trinajstić information content (AvgIpc) is 2.90. The van der Waals surface area contributed by atoms with Crippen LogP contribution < -0.4 is 14.8 Å². The summed E-state index contributed by atoms with van der Waals surface area (Å²) < 4.78 is 11.3. The van der Waals surface area contributed by atoms with Gasteiger partial charge < -0.3 is 19.7 Å². The second-order valence-electron chi connectivity index (χ2n) is 8.72. The summed E-state index contributed by atoms with van der Waals surface area (Å²) in [5.41, 5.74) is 3.79. The number of nitrogens with one attached hydrogen (secondary N) is 1. The van der Waals surface area contributed by atoms with E-state index in [0.29, 0.717) is 22.2 Å². The fourth-order valence-electron chi connectivity index (χ4n) is 4.06. The van der Waals surface area contributed by atoms with Crippen LogP contribution in [0, 0.1) is 6.92 Å². The number of piperazine rings is 1. The number of methoxy groups -OCH3 is 1. The van der Waals surface area contributed by atoms with Gasteiger partial charge in [0.1, 0.15) is 4.99 Å². The Kier molecular flexibility index (Phi) is 8.80. The lowest BCUT2D eigenvalue weighted by atomic mass is 10.1. The van der Waals surface area contributed by atoms with E-state index in [1.807, 2.05) is 31.2 Å². The number of hydrogen-bond acceptors (Lipinski definition) is 5. The highest BCUT2D eigenvalue weighted by atomic mass is 35.5. The molecule has 188 valence electrons. The molecule has 1 saturated heterocycles. The van der Waals surface area contributed by atoms with Gasteiger partial charge in [-0.2, -0.15) is 0 Å². The van der Waals surface area contributed by atoms with E-state index in [-0.39, 0.29) is 12.5 Å². The number of carbonyl (C=O) groups is 1. The van der Waals surface area contributed by atoms with Gasteiger partial charge >= 0.3 is 0 Å². The van der Waals surface area contributed by atoms with Crippen molar-refractivity contribution in [3.05, 3.63) is 88.4 Å². The second-order valence-corrected chi connectivity index (χ2v) is 9.51. The van der Waals surface area contributed by atoms with E-state index in [0.717, 1.165) is 48.8 Å². The smallest absolute Gasteiger partial charge is 0.262 e. The van der Waals surface area contributed by atoms with Crippen molar-refractivity contribution in [1.82, 2.24) is 9.80 Å². The number of hydrogen-bond donors (Lipinski definition) is 1. The van der Waals surface area contributed by atoms with E-state index in [2.05, 4.69) is 39.4 Å². The van der Waals surface area contributed by atoms with Crippen molar-refractivity contribution >= 4 is 40.4 Å². The molecule has 0 bridgehead atoms. The molecule has 3 aromatic carbocycles. The predicted molar refractivity (Wildman–Crippen MR) is 148 cm³/mol. The number of rotatable bonds is 8. The van der Waals surface area contributed by atoms with Crippen molar-refractivity contribution in [2.24, 2.45) is 0 Å². The molecule has 36 heavy (non-hydrogen) atoms. The zero-order valence-corrected chi connectivity index (χ0v) is 22.1. The third-order valence-electron chi connectivity index (χ3n) is 6.13. The van der Waals surface area contributed by atoms with Crippen LogP contribution in [0.4, 0.5) is 5.69 Å². The van der Waals surface area contributed by atoms with Gasteiger partial charge in [-0.15, -0.1) is 0 Å². The number of aryl methyl sites for hydroxylation is 1. The minimum atomic E-state index is -0.287. The first-order valence-electron chi connectivity index (χ1n) is 11.9. The average molecular weight is 524 g/mol. The molecule has 0 atom stereocenters. The quantitative estimate of drug-likeness (QED) is 0.411. The molecule has 0 aliphatic carbocycles. The van der Waals surface area contributed by atoms with Crippen LogP contribution in [0.15, 0.2) is 66.7 Å². The Morgan fingerprint density at radius 2 is 1.75 bits per heavy atom. The SMILES string of the molecule is COc1cc(C(=S)N2CCN(Cc3ccccc3)CC2)ccc1OCC(=O)Nc1ccc(C)c(Cl)c1. The molecule has 1 N–H and O–H groups in total. The van der Waals surface area contributed by atoms with Gasteiger partial charge in [0.25, 0.3) is 5.91 Å². The summed E-state index contributed by atoms with van der Waals surface area (Å²) in [4.78, 5) is 17.8. The fraction of sp³-hybridized carbons (Fsp3) is 0.286. The third-order valence-corrected chi connectivity index (χ3v) is 7.03. The minimum Gasteiger partial charge on any atom is -0.493 e. The summed E-state index contributed by atoms with van der Waals surface area (Å²) in [5, 5.41) is 3.39. The Morgan fingerprint density at radius 1 is 1.00 bits per heavy atom. The van der Waals surface area contributed by atoms with Crippen molar-refractivity contribution in [3.8, 4) is 11.5 Å². The van der Waals surface area contributed by atoms with Gasteiger partial charge in [-0.3, -0.25) is 9.69 Å². The van der Waals surface area contributed by atoms with E-state index in [9.17, 15) is 4.79 Å². The summed E-state index contributed by atoms with van der Waals surface area (Å²) in [6.07, 6.45) is 0. The minimum absolute atomic E-state index is 0.158. The number of benzene rings is 3. The Balaban J connectivity index is 1.31. The van der Waals surface area contributed by atoms with Crippen LogP contribution in [0.3, 0.4) is 0 Å². The first kappa shape index (κ1) is 25.9. The molecule has 0 saturated carbocycles. The Bertz CT molecular complexity index is 1210. The van der Waals surface area contributed by atoms with E-state index < -0.39 is 0 Å². The molecule has 0 radical (unpaired) electrons. The molecular weight excluding hydrogens is 494 g/mol. The summed E-state index contributed by atoms with van der Waals surface area (Å²) in [6.45, 7) is 6.35. The Hall–Kier alpha value is -3.13. The maximum atomic E-state index is 12.4. The maximum absolute atomic E-state index is 12.4. The molecule has 1 aliphatic heterocycles. The highest BCUT2D eigenvalue weighted by molar-refractivity contribution is 7.80. The van der Waals surface area contributed by atoms with E-state index in [4.69, 9.17) is 33.3 Å². The van der Waals surface area contributed by atoms with Crippen molar-refractivity contribution < 1.29 is 14.3 Å². The highest BCUT2D eigenvalue weighted by Crippen LogP contribution is 2.29. The molecule has 3 aromatic rings. The molecule has 0 aromatic heterocycles. The summed E-state index contributed by atoms with van der Waals surface area (Å²) in [6, 6.07) is 21.5. The second kappa shape index (κ2) is 12.2. The van der Waals surface area contributed by atoms with Crippen LogP contribution in [-0.4, -0.2) is 60.6 Å². The van der Waals surface area contributed by atoms with Gasteiger partial charge in [-0.05, 0) is 48.4 Å². The van der Waals surface area contributed by atoms with Crippen molar-refractivity contribution in [3.63, 3.8) is 0 Å². The number of thiocarbonyl (C=S) groups is 1. The molecule has 1 heterocycles. The van der Waals surface area contributed by atoms with Crippen LogP contribution in [-0.2, 0) is 11.3 Å². The van der Waals surface area contributed by atoms with Gasteiger partial charge in [0.15, 0.2) is 18.1 Å². The molecule has 1 fully saturated rings. The molecule has 1 aliphatic rings. The number of halogens is 1. The number of amides is 1. The lowest BCUT2D eigenvalue weighted by molar-refractivity contribution is -0.118. The van der Waals surface area contributed by atoms with Crippen molar-refractivity contribution in [2.75, 3.05) is 45.2 Å². The van der Waals surface area contributed by atoms with Crippen LogP contribution >= 0.6 is 23.8 Å². The van der Waals surface area contributed by atoms with Gasteiger partial charge in [0.05, 0.1) is 7.11 Å². The largest absolute Gasteiger partial charge is 0.493 e. The Morgan fingerprint density at radius 3 is 2.44 bits per heavy atom. The third kappa shape index (κ3) is 6.75. The molecule has 0 spiro atoms. The fourth-order valence-corrected chi connectivity index (χ4v) is 4.55. The van der Waals surface area contributed by atoms with Gasteiger partial charge in [-0.1, -0.05) is 60.2 Å². The number of carbonyl (C=O) groups excluding carboxylic acids is 1. The molecule has 1 amide bonds. The molecule has 4 rings (SSSR count). The summed E-state index contributed by atoms with van der Waals surface area (Å²) >= 11 is 11.9. The molecular formula is C28H30ClN3O3S. The lowest BCUT2D eigenvalue weighted by Gasteiger charge is -2.36. The predicted octanol–water partition coefficient (Wildman–Crippen LogP) is 5.17. The van der Waals surface area contributed by atoms with E-state index in [1.165, 1.54) is 5.56 Å². The maximum Gasteiger partial charge on any atom is 0.262 e. The molecule has 0 unspecified atom stereocenters. The van der Waals surface area contributed by atoms with Crippen LogP contribution in [0.5, 0.6) is 11.5 Å². The van der Waals surface area contributed by atoms with E-state index in [1.54, 1.807) is 25.3 Å². The zero-order chi connectivity index (χ0) is 25.5. The number of anilines is 1. The zero-order valence-electron chi connectivity index (χ0n) is 20.5. The first-order chi connectivity index (χ1) is 17.4. The van der Waals surface area contributed by atoms with Crippen LogP contribution in [0.2, 0.25) is 5.02 Å². The molecule has 6 nitrogen and oxygen atoms in total. The first-order valence-corrected chi connectivity index (χ1v) is 12.6. The van der Waals surface area contributed by atoms with Crippen molar-refractivity contribution in [2.45, 2.75) is 13.5 Å². The lowest BCUT2D eigenvalue weighted by Crippen LogP contribution is -2.48. The Labute approximate surface area is 222 Å². The van der Waals surface area contributed by atoms with Gasteiger partial charge in [0.2, 0.25) is 0 Å². The van der Waals surface area contributed by atoms with Gasteiger partial charge in [0, 0.05) is 49.0 Å². The van der Waals surface area contributed by atoms with Crippen LogP contribution in [0.25, 0.3) is 0 Å². The molecule has 8 heteroatoms. The van der Waals surface area contributed by atoms with Crippen LogP contribution in [0.1, 0.15) is 16.7 Å². The summed E-state index contributed by atoms with van der Waals surface area (Å²) in [7, 11) is 1.58. The number of ether oxygens (including phenoxy) is 2. The monoisotopic (exact) mass is 523 g/mol. The summed E-state index contributed by atoms with van der Waals surface area (Å²) in [5.74, 6) is 0.725. The van der Waals surface area contributed by atoms with Crippen molar-refractivity contribution in [1.29, 1.82) is 0 Å². The van der Waals surface area contributed by atoms with E-state index >= 15 is 0 Å². The van der Waals surface area contributed by atoms with Gasteiger partial charge in [-0.25, -0.2) is 0 Å². The number of nitrogens with zero attached hydrogens (tertiary/aromatic N) is 2. The topological polar surface area (TPSA) is 54.0 Å². The highest BCUT2D eigenvalue weighted by Gasteiger charge is 2.21. The normalized spacial score (nSPS) is 13.8.